The van der Waals surface area contributed by atoms with Gasteiger partial charge in [-0.3, -0.25) is 4.79 Å². The molecule has 0 atom stereocenters. The van der Waals surface area contributed by atoms with Crippen molar-refractivity contribution in [3.05, 3.63) is 0 Å². The van der Waals surface area contributed by atoms with Crippen molar-refractivity contribution in [2.75, 3.05) is 26.0 Å². The second-order valence-corrected chi connectivity index (χ2v) is 7.54. The first-order valence-electron chi connectivity index (χ1n) is 7.07. The molecule has 0 aromatic carbocycles. The Balaban J connectivity index is 2.55. The number of hydrogen-bond donors (Lipinski definition) is 2. The van der Waals surface area contributed by atoms with Crippen LogP contribution < -0.4 is 4.72 Å². The van der Waals surface area contributed by atoms with Crippen molar-refractivity contribution in [2.45, 2.75) is 44.9 Å². The highest BCUT2D eigenvalue weighted by Gasteiger charge is 2.35. The third-order valence-corrected chi connectivity index (χ3v) is 5.28. The lowest BCUT2D eigenvalue weighted by Crippen LogP contribution is -2.41. The molecule has 7 heteroatoms. The number of sulfonamides is 1. The number of nitrogens with one attached hydrogen (secondary N) is 1. The molecule has 0 aliphatic heterocycles. The summed E-state index contributed by atoms with van der Waals surface area (Å²) in [6.07, 6.45) is 5.07. The zero-order valence-corrected chi connectivity index (χ0v) is 12.9. The summed E-state index contributed by atoms with van der Waals surface area (Å²) in [5.74, 6) is -0.838. The van der Waals surface area contributed by atoms with Crippen LogP contribution in [0.15, 0.2) is 0 Å². The summed E-state index contributed by atoms with van der Waals surface area (Å²) in [4.78, 5) is 11.0. The van der Waals surface area contributed by atoms with Crippen molar-refractivity contribution in [3.63, 3.8) is 0 Å². The molecule has 0 saturated heterocycles. The van der Waals surface area contributed by atoms with Gasteiger partial charge in [-0.15, -0.1) is 0 Å². The Morgan fingerprint density at radius 3 is 2.50 bits per heavy atom. The lowest BCUT2D eigenvalue weighted by Gasteiger charge is -2.36. The predicted octanol–water partition coefficient (Wildman–Crippen LogP) is 1.37. The van der Waals surface area contributed by atoms with Crippen LogP contribution in [-0.2, 0) is 19.6 Å². The lowest BCUT2D eigenvalue weighted by molar-refractivity contribution is -0.140. The fourth-order valence-corrected chi connectivity index (χ4v) is 3.94. The average molecular weight is 307 g/mol. The zero-order valence-electron chi connectivity index (χ0n) is 12.1. The van der Waals surface area contributed by atoms with Crippen molar-refractivity contribution < 1.29 is 23.1 Å². The monoisotopic (exact) mass is 307 g/mol. The van der Waals surface area contributed by atoms with Gasteiger partial charge in [0, 0.05) is 20.3 Å². The minimum Gasteiger partial charge on any atom is -0.481 e. The van der Waals surface area contributed by atoms with Crippen LogP contribution in [0.4, 0.5) is 0 Å². The van der Waals surface area contributed by atoms with Gasteiger partial charge in [0.2, 0.25) is 10.0 Å². The molecule has 1 aliphatic rings. The Hall–Kier alpha value is -0.660. The van der Waals surface area contributed by atoms with Crippen LogP contribution in [0.25, 0.3) is 0 Å². The van der Waals surface area contributed by atoms with Crippen molar-refractivity contribution in [1.29, 1.82) is 0 Å². The fraction of sp³-hybridized carbons (Fsp3) is 0.923. The minimum absolute atomic E-state index is 0.0178. The highest BCUT2D eigenvalue weighted by atomic mass is 32.2. The van der Waals surface area contributed by atoms with E-state index < -0.39 is 21.4 Å². The Kier molecular flexibility index (Phi) is 6.91. The van der Waals surface area contributed by atoms with Crippen molar-refractivity contribution >= 4 is 16.0 Å². The molecule has 0 aromatic heterocycles. The van der Waals surface area contributed by atoms with E-state index >= 15 is 0 Å². The summed E-state index contributed by atoms with van der Waals surface area (Å²) < 4.78 is 31.1. The summed E-state index contributed by atoms with van der Waals surface area (Å²) in [6.45, 7) is 0.635. The molecule has 0 bridgehead atoms. The van der Waals surface area contributed by atoms with E-state index in [1.54, 1.807) is 0 Å². The molecule has 0 unspecified atom stereocenters. The molecular weight excluding hydrogens is 282 g/mol. The maximum Gasteiger partial charge on any atom is 0.303 e. The number of rotatable bonds is 9. The predicted molar refractivity (Wildman–Crippen MR) is 76.1 cm³/mol. The van der Waals surface area contributed by atoms with E-state index in [4.69, 9.17) is 9.84 Å². The molecule has 1 saturated carbocycles. The van der Waals surface area contributed by atoms with Gasteiger partial charge in [-0.1, -0.05) is 19.3 Å². The maximum atomic E-state index is 11.9. The van der Waals surface area contributed by atoms with Crippen LogP contribution in [0.2, 0.25) is 0 Å². The minimum atomic E-state index is -3.35. The molecule has 2 N–H and O–H groups in total. The van der Waals surface area contributed by atoms with Crippen LogP contribution in [0.5, 0.6) is 0 Å². The molecule has 20 heavy (non-hydrogen) atoms. The first kappa shape index (κ1) is 17.4. The van der Waals surface area contributed by atoms with E-state index in [9.17, 15) is 13.2 Å². The van der Waals surface area contributed by atoms with Crippen LogP contribution >= 0.6 is 0 Å². The van der Waals surface area contributed by atoms with E-state index in [1.807, 2.05) is 0 Å². The molecule has 0 aromatic rings. The van der Waals surface area contributed by atoms with Crippen LogP contribution in [0, 0.1) is 5.41 Å². The third kappa shape index (κ3) is 6.19. The van der Waals surface area contributed by atoms with Gasteiger partial charge in [0.15, 0.2) is 0 Å². The van der Waals surface area contributed by atoms with Gasteiger partial charge >= 0.3 is 5.97 Å². The molecule has 0 heterocycles. The highest BCUT2D eigenvalue weighted by molar-refractivity contribution is 7.89. The van der Waals surface area contributed by atoms with Crippen molar-refractivity contribution in [2.24, 2.45) is 5.41 Å². The molecule has 1 aliphatic carbocycles. The van der Waals surface area contributed by atoms with Gasteiger partial charge in [-0.25, -0.2) is 13.1 Å². The van der Waals surface area contributed by atoms with E-state index in [1.165, 1.54) is 7.11 Å². The number of carboxylic acids is 1. The van der Waals surface area contributed by atoms with E-state index in [0.29, 0.717) is 13.0 Å². The van der Waals surface area contributed by atoms with Crippen molar-refractivity contribution in [3.8, 4) is 0 Å². The number of hydrogen-bond acceptors (Lipinski definition) is 4. The van der Waals surface area contributed by atoms with Gasteiger partial charge in [0.1, 0.15) is 0 Å². The second kappa shape index (κ2) is 7.95. The summed E-state index contributed by atoms with van der Waals surface area (Å²) in [6, 6.07) is 0. The second-order valence-electron chi connectivity index (χ2n) is 5.62. The van der Waals surface area contributed by atoms with Gasteiger partial charge in [-0.2, -0.15) is 0 Å². The van der Waals surface area contributed by atoms with E-state index in [2.05, 4.69) is 4.72 Å². The molecule has 0 radical (unpaired) electrons. The van der Waals surface area contributed by atoms with Crippen LogP contribution in [0.3, 0.4) is 0 Å². The quantitative estimate of drug-likeness (QED) is 0.628. The largest absolute Gasteiger partial charge is 0.481 e. The zero-order chi connectivity index (χ0) is 15.1. The Morgan fingerprint density at radius 2 is 1.95 bits per heavy atom. The summed E-state index contributed by atoms with van der Waals surface area (Å²) in [7, 11) is -1.82. The first-order valence-corrected chi connectivity index (χ1v) is 8.72. The number of carboxylic acid groups (broad SMARTS) is 1. The molecule has 1 fully saturated rings. The molecule has 1 rings (SSSR count). The summed E-state index contributed by atoms with van der Waals surface area (Å²) in [5, 5.41) is 9.04. The standard InChI is InChI=1S/C13H25NO5S/c1-19-8-5-9-20(17,18)14-11-13(10-12(15)16)6-3-2-4-7-13/h14H,2-11H2,1H3,(H,15,16). The van der Waals surface area contributed by atoms with E-state index in [0.717, 1.165) is 32.1 Å². The lowest BCUT2D eigenvalue weighted by atomic mass is 9.72. The Labute approximate surface area is 120 Å². The number of carbonyl (C=O) groups is 1. The van der Waals surface area contributed by atoms with Gasteiger partial charge in [0.05, 0.1) is 12.2 Å². The molecule has 0 amide bonds. The molecule has 118 valence electrons. The van der Waals surface area contributed by atoms with Gasteiger partial charge in [0.25, 0.3) is 0 Å². The third-order valence-electron chi connectivity index (χ3n) is 3.87. The smallest absolute Gasteiger partial charge is 0.303 e. The average Bonchev–Trinajstić information content (AvgIpc) is 2.37. The highest BCUT2D eigenvalue weighted by Crippen LogP contribution is 2.38. The molecule has 6 nitrogen and oxygen atoms in total. The van der Waals surface area contributed by atoms with Crippen LogP contribution in [-0.4, -0.2) is 45.5 Å². The van der Waals surface area contributed by atoms with Crippen molar-refractivity contribution in [1.82, 2.24) is 4.72 Å². The molecular formula is C13H25NO5S. The fourth-order valence-electron chi connectivity index (χ4n) is 2.77. The summed E-state index contributed by atoms with van der Waals surface area (Å²) >= 11 is 0. The first-order chi connectivity index (χ1) is 9.39. The number of methoxy groups -OCH3 is 1. The Morgan fingerprint density at radius 1 is 1.30 bits per heavy atom. The summed E-state index contributed by atoms with van der Waals surface area (Å²) in [5.41, 5.74) is -0.418. The van der Waals surface area contributed by atoms with Gasteiger partial charge < -0.3 is 9.84 Å². The maximum absolute atomic E-state index is 11.9. The van der Waals surface area contributed by atoms with Crippen LogP contribution in [0.1, 0.15) is 44.9 Å². The van der Waals surface area contributed by atoms with Gasteiger partial charge in [-0.05, 0) is 24.7 Å². The Bertz CT molecular complexity index is 401. The SMILES string of the molecule is COCCCS(=O)(=O)NCC1(CC(=O)O)CCCCC1. The topological polar surface area (TPSA) is 92.7 Å². The number of aliphatic carboxylic acids is 1. The number of ether oxygens (including phenoxy) is 1. The van der Waals surface area contributed by atoms with E-state index in [-0.39, 0.29) is 18.7 Å². The molecule has 0 spiro atoms. The normalized spacial score (nSPS) is 18.9.